The van der Waals surface area contributed by atoms with E-state index >= 15 is 0 Å². The number of amides is 1. The van der Waals surface area contributed by atoms with Gasteiger partial charge in [0.05, 0.1) is 0 Å². The van der Waals surface area contributed by atoms with Crippen molar-refractivity contribution < 1.29 is 18.7 Å². The zero-order valence-corrected chi connectivity index (χ0v) is 13.9. The van der Waals surface area contributed by atoms with E-state index in [4.69, 9.17) is 4.74 Å². The highest BCUT2D eigenvalue weighted by Crippen LogP contribution is 2.32. The zero-order chi connectivity index (χ0) is 17.1. The summed E-state index contributed by atoms with van der Waals surface area (Å²) in [6.07, 6.45) is 2.26. The van der Waals surface area contributed by atoms with Crippen molar-refractivity contribution in [2.75, 3.05) is 6.61 Å². The molecule has 5 nitrogen and oxygen atoms in total. The summed E-state index contributed by atoms with van der Waals surface area (Å²) < 4.78 is 17.9. The van der Waals surface area contributed by atoms with Crippen LogP contribution in [0.2, 0.25) is 0 Å². The summed E-state index contributed by atoms with van der Waals surface area (Å²) in [5.41, 5.74) is 0.860. The van der Waals surface area contributed by atoms with Crippen LogP contribution in [0.1, 0.15) is 30.3 Å². The molecule has 1 aliphatic carbocycles. The molecule has 3 rings (SSSR count). The molecule has 1 N–H and O–H groups in total. The minimum Gasteiger partial charge on any atom is -0.451 e. The fourth-order valence-corrected chi connectivity index (χ4v) is 3.10. The fourth-order valence-electron chi connectivity index (χ4n) is 2.31. The Balaban J connectivity index is 1.53. The van der Waals surface area contributed by atoms with Crippen molar-refractivity contribution in [1.82, 2.24) is 10.3 Å². The van der Waals surface area contributed by atoms with E-state index in [0.29, 0.717) is 10.9 Å². The molecule has 1 aliphatic rings. The highest BCUT2D eigenvalue weighted by Gasteiger charge is 2.29. The Bertz CT molecular complexity index is 741. The number of halogens is 1. The highest BCUT2D eigenvalue weighted by atomic mass is 32.1. The van der Waals surface area contributed by atoms with Crippen LogP contribution in [0.15, 0.2) is 29.6 Å². The van der Waals surface area contributed by atoms with Gasteiger partial charge in [-0.05, 0) is 49.9 Å². The Kier molecular flexibility index (Phi) is 4.89. The molecule has 0 unspecified atom stereocenters. The van der Waals surface area contributed by atoms with Crippen LogP contribution < -0.4 is 5.32 Å². The topological polar surface area (TPSA) is 68.3 Å². The van der Waals surface area contributed by atoms with Crippen LogP contribution >= 0.6 is 11.3 Å². The number of carbonyl (C=O) groups excluding carboxylic acids is 2. The molecule has 0 spiro atoms. The highest BCUT2D eigenvalue weighted by molar-refractivity contribution is 7.13. The van der Waals surface area contributed by atoms with Gasteiger partial charge in [0.2, 0.25) is 0 Å². The van der Waals surface area contributed by atoms with Gasteiger partial charge in [0.15, 0.2) is 12.3 Å². The number of aromatic nitrogens is 1. The number of hydrogen-bond acceptors (Lipinski definition) is 5. The maximum absolute atomic E-state index is 12.9. The molecule has 0 bridgehead atoms. The second kappa shape index (κ2) is 7.09. The number of rotatable bonds is 6. The molecule has 1 atom stereocenters. The number of hydrogen-bond donors (Lipinski definition) is 1. The van der Waals surface area contributed by atoms with Crippen molar-refractivity contribution in [3.8, 4) is 10.6 Å². The van der Waals surface area contributed by atoms with Crippen LogP contribution in [0.25, 0.3) is 10.6 Å². The molecular formula is C17H17FN2O3S. The Hall–Kier alpha value is -2.28. The lowest BCUT2D eigenvalue weighted by Crippen LogP contribution is -2.37. The molecule has 0 aliphatic heterocycles. The van der Waals surface area contributed by atoms with Crippen LogP contribution in [0.3, 0.4) is 0 Å². The minimum absolute atomic E-state index is 0.112. The van der Waals surface area contributed by atoms with E-state index < -0.39 is 5.97 Å². The number of carbonyl (C=O) groups is 2. The Labute approximate surface area is 142 Å². The monoisotopic (exact) mass is 348 g/mol. The maximum Gasteiger partial charge on any atom is 0.358 e. The molecule has 1 heterocycles. The molecule has 24 heavy (non-hydrogen) atoms. The fraction of sp³-hybridized carbons (Fsp3) is 0.353. The summed E-state index contributed by atoms with van der Waals surface area (Å²) in [4.78, 5) is 27.9. The SMILES string of the molecule is C[C@H](NC(=O)COC(=O)c1csc(-c2ccc(F)cc2)n1)C1CC1. The normalized spacial score (nSPS) is 14.9. The van der Waals surface area contributed by atoms with Crippen molar-refractivity contribution in [3.05, 3.63) is 41.2 Å². The Morgan fingerprint density at radius 3 is 2.75 bits per heavy atom. The summed E-state index contributed by atoms with van der Waals surface area (Å²) in [6, 6.07) is 5.96. The average Bonchev–Trinajstić information content (AvgIpc) is 3.31. The molecule has 1 amide bonds. The lowest BCUT2D eigenvalue weighted by molar-refractivity contribution is -0.125. The van der Waals surface area contributed by atoms with Crippen molar-refractivity contribution in [1.29, 1.82) is 0 Å². The summed E-state index contributed by atoms with van der Waals surface area (Å²) in [5.74, 6) is -0.742. The summed E-state index contributed by atoms with van der Waals surface area (Å²) >= 11 is 1.26. The van der Waals surface area contributed by atoms with Gasteiger partial charge in [-0.15, -0.1) is 11.3 Å². The molecule has 1 aromatic heterocycles. The first kappa shape index (κ1) is 16.6. The molecule has 7 heteroatoms. The van der Waals surface area contributed by atoms with E-state index in [2.05, 4.69) is 10.3 Å². The van der Waals surface area contributed by atoms with Crippen LogP contribution in [0.4, 0.5) is 4.39 Å². The van der Waals surface area contributed by atoms with Gasteiger partial charge in [0.25, 0.3) is 5.91 Å². The molecule has 0 saturated heterocycles. The van der Waals surface area contributed by atoms with Crippen molar-refractivity contribution >= 4 is 23.2 Å². The second-order valence-corrected chi connectivity index (χ2v) is 6.67. The molecule has 126 valence electrons. The van der Waals surface area contributed by atoms with Gasteiger partial charge in [-0.25, -0.2) is 14.2 Å². The van der Waals surface area contributed by atoms with Crippen molar-refractivity contribution in [3.63, 3.8) is 0 Å². The van der Waals surface area contributed by atoms with Gasteiger partial charge < -0.3 is 10.1 Å². The van der Waals surface area contributed by atoms with E-state index in [-0.39, 0.29) is 30.1 Å². The van der Waals surface area contributed by atoms with Gasteiger partial charge in [0, 0.05) is 17.0 Å². The number of esters is 1. The average molecular weight is 348 g/mol. The van der Waals surface area contributed by atoms with Gasteiger partial charge >= 0.3 is 5.97 Å². The Morgan fingerprint density at radius 1 is 1.38 bits per heavy atom. The van der Waals surface area contributed by atoms with Crippen molar-refractivity contribution in [2.24, 2.45) is 5.92 Å². The molecule has 1 fully saturated rings. The van der Waals surface area contributed by atoms with Crippen LogP contribution in [-0.4, -0.2) is 29.5 Å². The first-order valence-corrected chi connectivity index (χ1v) is 8.59. The summed E-state index contributed by atoms with van der Waals surface area (Å²) in [5, 5.41) is 4.97. The number of nitrogens with zero attached hydrogens (tertiary/aromatic N) is 1. The van der Waals surface area contributed by atoms with E-state index in [1.807, 2.05) is 6.92 Å². The van der Waals surface area contributed by atoms with Gasteiger partial charge in [0.1, 0.15) is 10.8 Å². The summed E-state index contributed by atoms with van der Waals surface area (Å²) in [7, 11) is 0. The first-order chi connectivity index (χ1) is 11.5. The van der Waals surface area contributed by atoms with E-state index in [1.54, 1.807) is 17.5 Å². The molecule has 0 radical (unpaired) electrons. The van der Waals surface area contributed by atoms with Gasteiger partial charge in [-0.2, -0.15) is 0 Å². The second-order valence-electron chi connectivity index (χ2n) is 5.81. The molecule has 1 saturated carbocycles. The number of benzene rings is 1. The van der Waals surface area contributed by atoms with Crippen LogP contribution in [0, 0.1) is 11.7 Å². The number of thiazole rings is 1. The third kappa shape index (κ3) is 4.17. The van der Waals surface area contributed by atoms with Gasteiger partial charge in [-0.3, -0.25) is 4.79 Å². The minimum atomic E-state index is -0.645. The first-order valence-electron chi connectivity index (χ1n) is 7.71. The van der Waals surface area contributed by atoms with Crippen LogP contribution in [0.5, 0.6) is 0 Å². The van der Waals surface area contributed by atoms with Crippen molar-refractivity contribution in [2.45, 2.75) is 25.8 Å². The maximum atomic E-state index is 12.9. The van der Waals surface area contributed by atoms with Gasteiger partial charge in [-0.1, -0.05) is 0 Å². The summed E-state index contributed by atoms with van der Waals surface area (Å²) in [6.45, 7) is 1.63. The van der Waals surface area contributed by atoms with E-state index in [1.165, 1.54) is 23.5 Å². The molecular weight excluding hydrogens is 331 g/mol. The smallest absolute Gasteiger partial charge is 0.358 e. The lowest BCUT2D eigenvalue weighted by atomic mass is 10.2. The molecule has 2 aromatic rings. The number of ether oxygens (including phenoxy) is 1. The van der Waals surface area contributed by atoms with Crippen LogP contribution in [-0.2, 0) is 9.53 Å². The Morgan fingerprint density at radius 2 is 2.08 bits per heavy atom. The quantitative estimate of drug-likeness (QED) is 0.815. The number of nitrogens with one attached hydrogen (secondary N) is 1. The van der Waals surface area contributed by atoms with E-state index in [9.17, 15) is 14.0 Å². The third-order valence-electron chi connectivity index (χ3n) is 3.86. The lowest BCUT2D eigenvalue weighted by Gasteiger charge is -2.12. The van der Waals surface area contributed by atoms with E-state index in [0.717, 1.165) is 18.4 Å². The standard InChI is InChI=1S/C17H17FN2O3S/c1-10(11-2-3-11)19-15(21)8-23-17(22)14-9-24-16(20-14)12-4-6-13(18)7-5-12/h4-7,9-11H,2-3,8H2,1H3,(H,19,21)/t10-/m0/s1. The molecule has 1 aromatic carbocycles. The largest absolute Gasteiger partial charge is 0.451 e. The predicted molar refractivity (Wildman–Crippen MR) is 88.1 cm³/mol. The zero-order valence-electron chi connectivity index (χ0n) is 13.1. The predicted octanol–water partition coefficient (Wildman–Crippen LogP) is 3.02. The third-order valence-corrected chi connectivity index (χ3v) is 4.75.